The largest absolute Gasteiger partial charge is 0.493 e. The van der Waals surface area contributed by atoms with Gasteiger partial charge >= 0.3 is 24.0 Å². The molecular formula is C24H18ClF7N4O3. The van der Waals surface area contributed by atoms with Crippen molar-refractivity contribution in [3.8, 4) is 34.5 Å². The second-order valence-electron chi connectivity index (χ2n) is 8.71. The highest BCUT2D eigenvalue weighted by Crippen LogP contribution is 2.46. The summed E-state index contributed by atoms with van der Waals surface area (Å²) in [5.74, 6) is -1.91. The van der Waals surface area contributed by atoms with Crippen LogP contribution in [0.15, 0.2) is 42.5 Å². The lowest BCUT2D eigenvalue weighted by Crippen LogP contribution is -2.62. The molecule has 15 heteroatoms. The van der Waals surface area contributed by atoms with E-state index >= 15 is 0 Å². The van der Waals surface area contributed by atoms with Crippen LogP contribution in [0.4, 0.5) is 30.7 Å². The minimum absolute atomic E-state index is 0.00382. The van der Waals surface area contributed by atoms with Gasteiger partial charge in [0.1, 0.15) is 5.75 Å². The number of ether oxygens (including phenoxy) is 1. The van der Waals surface area contributed by atoms with E-state index in [2.05, 4.69) is 15.0 Å². The van der Waals surface area contributed by atoms with Gasteiger partial charge in [0.25, 0.3) is 5.91 Å². The van der Waals surface area contributed by atoms with Crippen LogP contribution in [0.1, 0.15) is 18.4 Å². The minimum Gasteiger partial charge on any atom is -0.493 e. The summed E-state index contributed by atoms with van der Waals surface area (Å²) in [5, 5.41) is 11.4. The molecule has 1 aliphatic rings. The van der Waals surface area contributed by atoms with E-state index in [-0.39, 0.29) is 27.8 Å². The monoisotopic (exact) mass is 578 g/mol. The van der Waals surface area contributed by atoms with E-state index in [0.29, 0.717) is 23.8 Å². The first-order chi connectivity index (χ1) is 18.2. The number of aromatic hydroxyl groups is 1. The van der Waals surface area contributed by atoms with Gasteiger partial charge in [-0.25, -0.2) is 9.37 Å². The van der Waals surface area contributed by atoms with Crippen molar-refractivity contribution in [2.45, 2.75) is 37.4 Å². The Bertz CT molecular complexity index is 1350. The Kier molecular flexibility index (Phi) is 7.61. The maximum absolute atomic E-state index is 13.9. The van der Waals surface area contributed by atoms with Crippen LogP contribution in [0.25, 0.3) is 22.8 Å². The molecular weight excluding hydrogens is 561 g/mol. The van der Waals surface area contributed by atoms with Gasteiger partial charge in [0.05, 0.1) is 11.6 Å². The zero-order valence-corrected chi connectivity index (χ0v) is 20.3. The number of nitrogens with zero attached hydrogens (tertiary/aromatic N) is 3. The molecule has 208 valence electrons. The third kappa shape index (κ3) is 6.15. The van der Waals surface area contributed by atoms with E-state index in [0.717, 1.165) is 18.9 Å². The summed E-state index contributed by atoms with van der Waals surface area (Å²) < 4.78 is 96.4. The second-order valence-corrected chi connectivity index (χ2v) is 9.12. The summed E-state index contributed by atoms with van der Waals surface area (Å²) in [7, 11) is 0. The maximum atomic E-state index is 13.9. The summed E-state index contributed by atoms with van der Waals surface area (Å²) in [4.78, 5) is 23.6. The molecule has 2 N–H and O–H groups in total. The molecule has 0 saturated heterocycles. The van der Waals surface area contributed by atoms with Gasteiger partial charge in [-0.15, -0.1) is 0 Å². The van der Waals surface area contributed by atoms with Crippen LogP contribution in [0.3, 0.4) is 0 Å². The third-order valence-corrected chi connectivity index (χ3v) is 6.07. The van der Waals surface area contributed by atoms with Gasteiger partial charge in [-0.1, -0.05) is 17.7 Å². The normalized spacial score (nSPS) is 14.3. The van der Waals surface area contributed by atoms with Gasteiger partial charge in [-0.2, -0.15) is 36.3 Å². The number of rotatable bonds is 8. The van der Waals surface area contributed by atoms with E-state index in [1.54, 1.807) is 24.3 Å². The molecule has 2 aromatic carbocycles. The number of hydrogen-bond donors (Lipinski definition) is 2. The van der Waals surface area contributed by atoms with E-state index < -0.39 is 36.5 Å². The first kappa shape index (κ1) is 28.3. The molecule has 7 nitrogen and oxygen atoms in total. The third-order valence-electron chi connectivity index (χ3n) is 5.74. The fourth-order valence-corrected chi connectivity index (χ4v) is 3.59. The molecule has 39 heavy (non-hydrogen) atoms. The molecule has 4 rings (SSSR count). The molecule has 1 aromatic heterocycles. The van der Waals surface area contributed by atoms with Crippen LogP contribution < -0.4 is 10.1 Å². The van der Waals surface area contributed by atoms with Crippen LogP contribution in [0.2, 0.25) is 5.02 Å². The zero-order valence-electron chi connectivity index (χ0n) is 19.6. The van der Waals surface area contributed by atoms with Gasteiger partial charge in [-0.3, -0.25) is 4.79 Å². The van der Waals surface area contributed by atoms with Crippen LogP contribution >= 0.6 is 11.6 Å². The molecule has 1 saturated carbocycles. The van der Waals surface area contributed by atoms with Gasteiger partial charge in [0.15, 0.2) is 11.6 Å². The first-order valence-corrected chi connectivity index (χ1v) is 11.6. The van der Waals surface area contributed by atoms with Crippen molar-refractivity contribution >= 4 is 17.5 Å². The van der Waals surface area contributed by atoms with Gasteiger partial charge < -0.3 is 15.2 Å². The van der Waals surface area contributed by atoms with Crippen molar-refractivity contribution < 1.29 is 45.4 Å². The Morgan fingerprint density at radius 3 is 2.15 bits per heavy atom. The lowest BCUT2D eigenvalue weighted by molar-refractivity contribution is -0.326. The highest BCUT2D eigenvalue weighted by atomic mass is 35.5. The predicted octanol–water partition coefficient (Wildman–Crippen LogP) is 5.80. The number of carbonyl (C=O) groups is 1. The number of carbonyl (C=O) groups excluding carboxylic acids is 1. The van der Waals surface area contributed by atoms with Crippen molar-refractivity contribution in [2.24, 2.45) is 5.92 Å². The van der Waals surface area contributed by atoms with Gasteiger partial charge in [0, 0.05) is 17.7 Å². The number of nitrogens with one attached hydrogen (secondary N) is 1. The number of hydrogen-bond acceptors (Lipinski definition) is 6. The molecule has 1 aliphatic carbocycles. The molecule has 3 aromatic rings. The Labute approximate surface area is 221 Å². The fourth-order valence-electron chi connectivity index (χ4n) is 3.39. The molecule has 0 bridgehead atoms. The lowest BCUT2D eigenvalue weighted by atomic mass is 10.0. The van der Waals surface area contributed by atoms with Crippen LogP contribution in [-0.4, -0.2) is 50.6 Å². The van der Waals surface area contributed by atoms with Crippen molar-refractivity contribution in [3.05, 3.63) is 53.1 Å². The van der Waals surface area contributed by atoms with Crippen molar-refractivity contribution in [1.29, 1.82) is 0 Å². The standard InChI is InChI=1S/C24H18ClF7N4O3/c25-17-8-3-13(10-33-20(37)22(26,23(27,28)29)24(30,31)32)9-16(17)19-34-18(35-21(38)36-19)14-4-6-15(7-5-14)39-11-12-1-2-12/h3-9,12H,1-2,10-11H2,(H,33,37)(H,34,35,36,38). The van der Waals surface area contributed by atoms with Crippen molar-refractivity contribution in [3.63, 3.8) is 0 Å². The molecule has 0 spiro atoms. The number of alkyl halides is 7. The minimum atomic E-state index is -6.54. The predicted molar refractivity (Wildman–Crippen MR) is 123 cm³/mol. The van der Waals surface area contributed by atoms with Crippen molar-refractivity contribution in [1.82, 2.24) is 20.3 Å². The molecule has 1 heterocycles. The molecule has 1 amide bonds. The SMILES string of the molecule is O=C(NCc1ccc(Cl)c(-c2nc(O)nc(-c3ccc(OCC4CC4)cc3)n2)c1)C(F)(C(F)(F)F)C(F)(F)F. The summed E-state index contributed by atoms with van der Waals surface area (Å²) in [5.41, 5.74) is -5.70. The van der Waals surface area contributed by atoms with E-state index in [1.165, 1.54) is 17.4 Å². The van der Waals surface area contributed by atoms with Crippen LogP contribution in [0.5, 0.6) is 11.8 Å². The summed E-state index contributed by atoms with van der Waals surface area (Å²) in [6.07, 6.45) is -10.8. The lowest BCUT2D eigenvalue weighted by Gasteiger charge is -2.28. The average Bonchev–Trinajstić information content (AvgIpc) is 3.69. The summed E-state index contributed by atoms with van der Waals surface area (Å²) in [6, 6.07) is 9.48. The fraction of sp³-hybridized carbons (Fsp3) is 0.333. The Hall–Kier alpha value is -3.68. The quantitative estimate of drug-likeness (QED) is 0.328. The van der Waals surface area contributed by atoms with Crippen molar-refractivity contribution in [2.75, 3.05) is 6.61 Å². The number of benzene rings is 2. The molecule has 1 fully saturated rings. The van der Waals surface area contributed by atoms with Gasteiger partial charge in [-0.05, 0) is 60.7 Å². The van der Waals surface area contributed by atoms with Crippen LogP contribution in [0, 0.1) is 5.92 Å². The Morgan fingerprint density at radius 1 is 0.949 bits per heavy atom. The topological polar surface area (TPSA) is 97.2 Å². The number of halogens is 8. The zero-order chi connectivity index (χ0) is 28.6. The average molecular weight is 579 g/mol. The number of amides is 1. The van der Waals surface area contributed by atoms with E-state index in [4.69, 9.17) is 16.3 Å². The van der Waals surface area contributed by atoms with E-state index in [1.807, 2.05) is 0 Å². The van der Waals surface area contributed by atoms with Crippen LogP contribution in [-0.2, 0) is 11.3 Å². The highest BCUT2D eigenvalue weighted by molar-refractivity contribution is 6.33. The molecule has 0 atom stereocenters. The second kappa shape index (κ2) is 10.5. The smallest absolute Gasteiger partial charge is 0.441 e. The molecule has 0 radical (unpaired) electrons. The number of aromatic nitrogens is 3. The highest BCUT2D eigenvalue weighted by Gasteiger charge is 2.77. The summed E-state index contributed by atoms with van der Waals surface area (Å²) >= 11 is 6.18. The first-order valence-electron chi connectivity index (χ1n) is 11.3. The Balaban J connectivity index is 1.55. The Morgan fingerprint density at radius 2 is 1.56 bits per heavy atom. The van der Waals surface area contributed by atoms with E-state index in [9.17, 15) is 40.6 Å². The summed E-state index contributed by atoms with van der Waals surface area (Å²) in [6.45, 7) is -0.322. The molecule has 0 aliphatic heterocycles. The van der Waals surface area contributed by atoms with Gasteiger partial charge in [0.2, 0.25) is 0 Å². The molecule has 0 unspecified atom stereocenters. The maximum Gasteiger partial charge on any atom is 0.441 e.